The van der Waals surface area contributed by atoms with Gasteiger partial charge in [0.2, 0.25) is 17.2 Å². The van der Waals surface area contributed by atoms with Gasteiger partial charge in [-0.1, -0.05) is 20.8 Å². The molecule has 0 saturated carbocycles. The van der Waals surface area contributed by atoms with Crippen LogP contribution in [-0.4, -0.2) is 64.0 Å². The van der Waals surface area contributed by atoms with Gasteiger partial charge in [-0.15, -0.1) is 0 Å². The van der Waals surface area contributed by atoms with E-state index in [0.29, 0.717) is 31.9 Å². The van der Waals surface area contributed by atoms with Crippen molar-refractivity contribution in [1.29, 1.82) is 0 Å². The molecule has 0 unspecified atom stereocenters. The first-order valence-corrected chi connectivity index (χ1v) is 11.0. The molecule has 2 aromatic heterocycles. The summed E-state index contributed by atoms with van der Waals surface area (Å²) in [6, 6.07) is 1.38. The van der Waals surface area contributed by atoms with Crippen molar-refractivity contribution in [2.24, 2.45) is 5.73 Å². The van der Waals surface area contributed by atoms with Gasteiger partial charge in [-0.05, 0) is 17.0 Å². The van der Waals surface area contributed by atoms with E-state index < -0.39 is 23.8 Å². The van der Waals surface area contributed by atoms with Crippen LogP contribution in [-0.2, 0) is 10.2 Å². The minimum atomic E-state index is -3.01. The summed E-state index contributed by atoms with van der Waals surface area (Å²) in [4.78, 5) is 30.3. The number of halogens is 3. The molecule has 35 heavy (non-hydrogen) atoms. The van der Waals surface area contributed by atoms with Gasteiger partial charge >= 0.3 is 6.09 Å². The Hall–Kier alpha value is -3.32. The van der Waals surface area contributed by atoms with Crippen molar-refractivity contribution in [3.63, 3.8) is 0 Å². The SMILES string of the molecule is COc1c(C(C)(C)C)c(OC(N)=O)cc2c1nc(C(F)F)n2-c1nc(Cl)nc(N2CCOCC2)n1. The Labute approximate surface area is 204 Å². The minimum absolute atomic E-state index is 0.0323. The lowest BCUT2D eigenvalue weighted by Crippen LogP contribution is -2.37. The second-order valence-corrected chi connectivity index (χ2v) is 9.07. The van der Waals surface area contributed by atoms with Crippen LogP contribution in [0.15, 0.2) is 6.07 Å². The number of morpholine rings is 1. The van der Waals surface area contributed by atoms with Crippen molar-refractivity contribution < 1.29 is 27.8 Å². The molecule has 1 aliphatic heterocycles. The van der Waals surface area contributed by atoms with Crippen molar-refractivity contribution in [2.45, 2.75) is 32.6 Å². The first kappa shape index (κ1) is 24.8. The van der Waals surface area contributed by atoms with Gasteiger partial charge in [-0.25, -0.2) is 18.6 Å². The van der Waals surface area contributed by atoms with Gasteiger partial charge in [0.05, 0.1) is 25.8 Å². The molecule has 1 amide bonds. The van der Waals surface area contributed by atoms with Gasteiger partial charge in [0.1, 0.15) is 11.3 Å². The molecule has 1 aliphatic rings. The first-order chi connectivity index (χ1) is 16.5. The molecule has 0 spiro atoms. The number of alkyl halides is 2. The fraction of sp³-hybridized carbons (Fsp3) is 0.476. The van der Waals surface area contributed by atoms with Gasteiger partial charge in [0.25, 0.3) is 6.43 Å². The van der Waals surface area contributed by atoms with Gasteiger partial charge in [0.15, 0.2) is 11.6 Å². The number of nitrogens with two attached hydrogens (primary N) is 1. The molecule has 14 heteroatoms. The number of hydrogen-bond donors (Lipinski definition) is 1. The Kier molecular flexibility index (Phi) is 6.64. The highest BCUT2D eigenvalue weighted by atomic mass is 35.5. The molecule has 188 valence electrons. The van der Waals surface area contributed by atoms with Crippen LogP contribution in [0.3, 0.4) is 0 Å². The van der Waals surface area contributed by atoms with E-state index in [-0.39, 0.29) is 39.7 Å². The lowest BCUT2D eigenvalue weighted by Gasteiger charge is -2.27. The predicted octanol–water partition coefficient (Wildman–Crippen LogP) is 3.40. The molecule has 0 radical (unpaired) electrons. The van der Waals surface area contributed by atoms with Crippen LogP contribution in [0, 0.1) is 0 Å². The van der Waals surface area contributed by atoms with Crippen molar-refractivity contribution in [3.05, 3.63) is 22.7 Å². The summed E-state index contributed by atoms with van der Waals surface area (Å²) in [6.07, 6.45) is -4.08. The zero-order valence-corrected chi connectivity index (χ0v) is 20.3. The highest BCUT2D eigenvalue weighted by molar-refractivity contribution is 6.28. The van der Waals surface area contributed by atoms with E-state index in [4.69, 9.17) is 31.5 Å². The van der Waals surface area contributed by atoms with Crippen LogP contribution >= 0.6 is 11.6 Å². The van der Waals surface area contributed by atoms with E-state index in [1.54, 1.807) is 0 Å². The van der Waals surface area contributed by atoms with E-state index >= 15 is 0 Å². The summed E-state index contributed by atoms with van der Waals surface area (Å²) in [5, 5.41) is -0.189. The molecule has 1 saturated heterocycles. The molecule has 0 atom stereocenters. The summed E-state index contributed by atoms with van der Waals surface area (Å²) < 4.78 is 45.7. The number of rotatable bonds is 5. The van der Waals surface area contributed by atoms with E-state index in [9.17, 15) is 13.6 Å². The number of imidazole rings is 1. The predicted molar refractivity (Wildman–Crippen MR) is 123 cm³/mol. The Morgan fingerprint density at radius 1 is 1.17 bits per heavy atom. The third-order valence-electron chi connectivity index (χ3n) is 5.33. The van der Waals surface area contributed by atoms with Gasteiger partial charge in [-0.2, -0.15) is 15.0 Å². The maximum Gasteiger partial charge on any atom is 0.409 e. The number of carbonyl (C=O) groups excluding carboxylic acids is 1. The average Bonchev–Trinajstić information content (AvgIpc) is 3.17. The summed E-state index contributed by atoms with van der Waals surface area (Å²) in [7, 11) is 1.37. The van der Waals surface area contributed by atoms with Gasteiger partial charge < -0.3 is 24.8 Å². The smallest absolute Gasteiger partial charge is 0.409 e. The number of carbonyl (C=O) groups is 1. The maximum atomic E-state index is 14.2. The van der Waals surface area contributed by atoms with E-state index in [2.05, 4.69) is 19.9 Å². The number of methoxy groups -OCH3 is 1. The summed E-state index contributed by atoms with van der Waals surface area (Å²) in [5.74, 6) is -0.438. The topological polar surface area (TPSA) is 131 Å². The summed E-state index contributed by atoms with van der Waals surface area (Å²) in [5.41, 5.74) is 5.30. The van der Waals surface area contributed by atoms with E-state index in [1.165, 1.54) is 13.2 Å². The second-order valence-electron chi connectivity index (χ2n) is 8.73. The van der Waals surface area contributed by atoms with Crippen molar-refractivity contribution >= 4 is 34.7 Å². The Morgan fingerprint density at radius 3 is 2.40 bits per heavy atom. The third-order valence-corrected chi connectivity index (χ3v) is 5.50. The zero-order chi connectivity index (χ0) is 25.5. The zero-order valence-electron chi connectivity index (χ0n) is 19.5. The number of benzene rings is 1. The average molecular weight is 512 g/mol. The quantitative estimate of drug-likeness (QED) is 0.547. The number of anilines is 1. The molecular weight excluding hydrogens is 488 g/mol. The number of ether oxygens (including phenoxy) is 3. The summed E-state index contributed by atoms with van der Waals surface area (Å²) in [6.45, 7) is 7.42. The number of hydrogen-bond acceptors (Lipinski definition) is 9. The number of primary amides is 1. The van der Waals surface area contributed by atoms with Gasteiger partial charge in [-0.3, -0.25) is 4.57 Å². The molecular formula is C21H24ClF2N7O4. The Morgan fingerprint density at radius 2 is 1.83 bits per heavy atom. The molecule has 3 heterocycles. The van der Waals surface area contributed by atoms with Crippen LogP contribution in [0.4, 0.5) is 19.5 Å². The number of aromatic nitrogens is 5. The molecule has 4 rings (SSSR count). The Bertz CT molecular complexity index is 1270. The number of fused-ring (bicyclic) bond motifs is 1. The minimum Gasteiger partial charge on any atom is -0.494 e. The van der Waals surface area contributed by atoms with Gasteiger partial charge in [0, 0.05) is 24.7 Å². The van der Waals surface area contributed by atoms with Crippen LogP contribution in [0.1, 0.15) is 38.6 Å². The lowest BCUT2D eigenvalue weighted by molar-refractivity contribution is 0.122. The second kappa shape index (κ2) is 9.38. The van der Waals surface area contributed by atoms with Crippen LogP contribution < -0.4 is 20.1 Å². The molecule has 0 bridgehead atoms. The first-order valence-electron chi connectivity index (χ1n) is 10.6. The summed E-state index contributed by atoms with van der Waals surface area (Å²) >= 11 is 6.16. The largest absolute Gasteiger partial charge is 0.494 e. The van der Waals surface area contributed by atoms with Crippen LogP contribution in [0.5, 0.6) is 11.5 Å². The molecule has 1 aromatic carbocycles. The highest BCUT2D eigenvalue weighted by Crippen LogP contribution is 2.45. The molecule has 3 aromatic rings. The van der Waals surface area contributed by atoms with Crippen LogP contribution in [0.2, 0.25) is 5.28 Å². The monoisotopic (exact) mass is 511 g/mol. The Balaban J connectivity index is 2.04. The highest BCUT2D eigenvalue weighted by Gasteiger charge is 2.32. The van der Waals surface area contributed by atoms with Crippen LogP contribution in [0.25, 0.3) is 17.0 Å². The van der Waals surface area contributed by atoms with Crippen molar-refractivity contribution in [2.75, 3.05) is 38.3 Å². The third kappa shape index (κ3) is 4.78. The molecule has 1 fully saturated rings. The van der Waals surface area contributed by atoms with Crippen molar-refractivity contribution in [1.82, 2.24) is 24.5 Å². The molecule has 0 aliphatic carbocycles. The van der Waals surface area contributed by atoms with E-state index in [1.807, 2.05) is 25.7 Å². The van der Waals surface area contributed by atoms with E-state index in [0.717, 1.165) is 4.57 Å². The fourth-order valence-corrected chi connectivity index (χ4v) is 4.12. The number of amides is 1. The molecule has 11 nitrogen and oxygen atoms in total. The fourth-order valence-electron chi connectivity index (χ4n) is 3.97. The normalized spacial score (nSPS) is 14.6. The number of nitrogens with zero attached hydrogens (tertiary/aromatic N) is 6. The standard InChI is InChI=1S/C21H24ClF2N7O4/c1-21(2,3)12-11(35-18(25)32)9-10-13(14(12)33-4)26-16(15(23)24)31(10)20-28-17(22)27-19(29-20)30-5-7-34-8-6-30/h9,15H,5-8H2,1-4H3,(H2,25,32). The maximum absolute atomic E-state index is 14.2. The van der Waals surface area contributed by atoms with Crippen molar-refractivity contribution in [3.8, 4) is 17.4 Å². The lowest BCUT2D eigenvalue weighted by atomic mass is 9.85. The molecule has 2 N–H and O–H groups in total.